The van der Waals surface area contributed by atoms with Crippen molar-refractivity contribution in [1.82, 2.24) is 10.2 Å². The number of carbonyl (C=O) groups excluding carboxylic acids is 1. The summed E-state index contributed by atoms with van der Waals surface area (Å²) in [6, 6.07) is 10.4. The lowest BCUT2D eigenvalue weighted by Crippen LogP contribution is -2.52. The van der Waals surface area contributed by atoms with E-state index >= 15 is 0 Å². The zero-order valence-corrected chi connectivity index (χ0v) is 11.0. The molecule has 2 aliphatic heterocycles. The number of fused-ring (bicyclic) bond motifs is 1. The van der Waals surface area contributed by atoms with Crippen molar-refractivity contribution in [2.45, 2.75) is 25.5 Å². The molecular weight excluding hydrogens is 240 g/mol. The van der Waals surface area contributed by atoms with E-state index in [1.165, 1.54) is 0 Å². The normalized spacial score (nSPS) is 26.0. The number of nitrogens with zero attached hydrogens (tertiary/aromatic N) is 1. The molecule has 2 fully saturated rings. The van der Waals surface area contributed by atoms with Gasteiger partial charge >= 0.3 is 6.09 Å². The Bertz CT molecular complexity index is 421. The first kappa shape index (κ1) is 12.5. The van der Waals surface area contributed by atoms with Crippen molar-refractivity contribution in [3.05, 3.63) is 35.9 Å². The summed E-state index contributed by atoms with van der Waals surface area (Å²) in [6.07, 6.45) is 1.97. The predicted molar refractivity (Wildman–Crippen MR) is 72.7 cm³/mol. The zero-order valence-electron chi connectivity index (χ0n) is 11.0. The first-order valence-electron chi connectivity index (χ1n) is 7.02. The molecule has 1 aromatic rings. The van der Waals surface area contributed by atoms with Gasteiger partial charge < -0.3 is 15.0 Å². The second-order valence-corrected chi connectivity index (χ2v) is 5.38. The van der Waals surface area contributed by atoms with Crippen LogP contribution < -0.4 is 5.32 Å². The van der Waals surface area contributed by atoms with Crippen molar-refractivity contribution in [3.8, 4) is 0 Å². The van der Waals surface area contributed by atoms with Crippen molar-refractivity contribution in [2.75, 3.05) is 19.6 Å². The van der Waals surface area contributed by atoms with Crippen LogP contribution in [0.4, 0.5) is 4.79 Å². The lowest BCUT2D eigenvalue weighted by atomic mass is 9.88. The molecule has 4 nitrogen and oxygen atoms in total. The van der Waals surface area contributed by atoms with E-state index in [2.05, 4.69) is 5.32 Å². The Kier molecular flexibility index (Phi) is 3.69. The Morgan fingerprint density at radius 2 is 2.05 bits per heavy atom. The standard InChI is InChI=1S/C15H20N2O2/c18-15(19-11-12-4-2-1-3-5-12)17-8-6-13-10-16-14(13)7-9-17/h1-5,13-14,16H,6-11H2/t13-,14-/m1/s1. The molecule has 0 aromatic heterocycles. The molecule has 0 saturated carbocycles. The van der Waals surface area contributed by atoms with Crippen LogP contribution in [0.25, 0.3) is 0 Å². The van der Waals surface area contributed by atoms with Crippen LogP contribution in [-0.4, -0.2) is 36.7 Å². The molecule has 2 heterocycles. The lowest BCUT2D eigenvalue weighted by molar-refractivity contribution is 0.0972. The van der Waals surface area contributed by atoms with E-state index < -0.39 is 0 Å². The van der Waals surface area contributed by atoms with E-state index in [0.29, 0.717) is 12.6 Å². The van der Waals surface area contributed by atoms with Gasteiger partial charge in [-0.25, -0.2) is 4.79 Å². The van der Waals surface area contributed by atoms with Gasteiger partial charge in [0.05, 0.1) is 0 Å². The molecule has 2 aliphatic rings. The van der Waals surface area contributed by atoms with E-state index in [4.69, 9.17) is 4.74 Å². The summed E-state index contributed by atoms with van der Waals surface area (Å²) in [5.74, 6) is 0.756. The topological polar surface area (TPSA) is 41.6 Å². The maximum atomic E-state index is 12.0. The molecule has 1 aromatic carbocycles. The van der Waals surface area contributed by atoms with Crippen LogP contribution in [-0.2, 0) is 11.3 Å². The van der Waals surface area contributed by atoms with E-state index in [9.17, 15) is 4.79 Å². The van der Waals surface area contributed by atoms with Gasteiger partial charge in [-0.05, 0) is 30.9 Å². The average Bonchev–Trinajstić information content (AvgIpc) is 2.56. The first-order valence-corrected chi connectivity index (χ1v) is 7.02. The minimum absolute atomic E-state index is 0.176. The summed E-state index contributed by atoms with van der Waals surface area (Å²) in [4.78, 5) is 13.9. The first-order chi connectivity index (χ1) is 9.33. The molecule has 19 heavy (non-hydrogen) atoms. The molecule has 1 N–H and O–H groups in total. The van der Waals surface area contributed by atoms with Gasteiger partial charge in [-0.15, -0.1) is 0 Å². The smallest absolute Gasteiger partial charge is 0.410 e. The van der Waals surface area contributed by atoms with Crippen LogP contribution in [0.15, 0.2) is 30.3 Å². The minimum atomic E-state index is -0.176. The van der Waals surface area contributed by atoms with Crippen molar-refractivity contribution in [2.24, 2.45) is 5.92 Å². The van der Waals surface area contributed by atoms with Gasteiger partial charge in [0, 0.05) is 19.1 Å². The molecule has 0 radical (unpaired) electrons. The molecule has 4 heteroatoms. The van der Waals surface area contributed by atoms with Gasteiger partial charge in [0.25, 0.3) is 0 Å². The van der Waals surface area contributed by atoms with Crippen LogP contribution in [0.3, 0.4) is 0 Å². The molecular formula is C15H20N2O2. The highest BCUT2D eigenvalue weighted by molar-refractivity contribution is 5.67. The van der Waals surface area contributed by atoms with Gasteiger partial charge in [0.15, 0.2) is 0 Å². The molecule has 2 atom stereocenters. The van der Waals surface area contributed by atoms with E-state index in [-0.39, 0.29) is 6.09 Å². The van der Waals surface area contributed by atoms with Crippen LogP contribution in [0.2, 0.25) is 0 Å². The van der Waals surface area contributed by atoms with Crippen LogP contribution in [0, 0.1) is 5.92 Å². The second-order valence-electron chi connectivity index (χ2n) is 5.38. The van der Waals surface area contributed by atoms with Gasteiger partial charge in [-0.1, -0.05) is 30.3 Å². The molecule has 0 unspecified atom stereocenters. The monoisotopic (exact) mass is 260 g/mol. The number of likely N-dealkylation sites (tertiary alicyclic amines) is 1. The maximum Gasteiger partial charge on any atom is 0.410 e. The largest absolute Gasteiger partial charge is 0.445 e. The second kappa shape index (κ2) is 5.61. The number of ether oxygens (including phenoxy) is 1. The van der Waals surface area contributed by atoms with Crippen LogP contribution >= 0.6 is 0 Å². The Hall–Kier alpha value is -1.55. The Morgan fingerprint density at radius 1 is 1.26 bits per heavy atom. The molecule has 3 rings (SSSR count). The number of benzene rings is 1. The lowest BCUT2D eigenvalue weighted by Gasteiger charge is -2.36. The number of rotatable bonds is 2. The summed E-state index contributed by atoms with van der Waals surface area (Å²) in [5.41, 5.74) is 1.03. The third-order valence-electron chi connectivity index (χ3n) is 4.15. The third-order valence-corrected chi connectivity index (χ3v) is 4.15. The number of nitrogens with one attached hydrogen (secondary N) is 1. The highest BCUT2D eigenvalue weighted by atomic mass is 16.6. The van der Waals surface area contributed by atoms with Crippen molar-refractivity contribution >= 4 is 6.09 Å². The summed E-state index contributed by atoms with van der Waals surface area (Å²) in [7, 11) is 0. The van der Waals surface area contributed by atoms with Crippen molar-refractivity contribution in [3.63, 3.8) is 0 Å². The molecule has 0 bridgehead atoms. The fraction of sp³-hybridized carbons (Fsp3) is 0.533. The van der Waals surface area contributed by atoms with Gasteiger partial charge in [0.1, 0.15) is 6.61 Å². The van der Waals surface area contributed by atoms with Crippen molar-refractivity contribution in [1.29, 1.82) is 0 Å². The Balaban J connectivity index is 1.49. The number of hydrogen-bond donors (Lipinski definition) is 1. The summed E-state index contributed by atoms with van der Waals surface area (Å²) < 4.78 is 5.38. The van der Waals surface area contributed by atoms with E-state index in [1.54, 1.807) is 0 Å². The Morgan fingerprint density at radius 3 is 2.79 bits per heavy atom. The average molecular weight is 260 g/mol. The molecule has 2 saturated heterocycles. The van der Waals surface area contributed by atoms with Crippen molar-refractivity contribution < 1.29 is 9.53 Å². The van der Waals surface area contributed by atoms with E-state index in [1.807, 2.05) is 35.2 Å². The highest BCUT2D eigenvalue weighted by Gasteiger charge is 2.34. The molecule has 0 aliphatic carbocycles. The SMILES string of the molecule is O=C(OCc1ccccc1)N1CC[C@@H]2CN[C@@H]2CC1. The summed E-state index contributed by atoms with van der Waals surface area (Å²) in [5, 5.41) is 3.43. The fourth-order valence-corrected chi connectivity index (χ4v) is 2.81. The molecule has 0 spiro atoms. The van der Waals surface area contributed by atoms with Crippen LogP contribution in [0.5, 0.6) is 0 Å². The van der Waals surface area contributed by atoms with Crippen LogP contribution in [0.1, 0.15) is 18.4 Å². The summed E-state index contributed by atoms with van der Waals surface area (Å²) >= 11 is 0. The van der Waals surface area contributed by atoms with Gasteiger partial charge in [-0.3, -0.25) is 0 Å². The predicted octanol–water partition coefficient (Wildman–Crippen LogP) is 2.01. The third kappa shape index (κ3) is 2.89. The fourth-order valence-electron chi connectivity index (χ4n) is 2.81. The number of hydrogen-bond acceptors (Lipinski definition) is 3. The number of amides is 1. The molecule has 102 valence electrons. The summed E-state index contributed by atoms with van der Waals surface area (Å²) in [6.45, 7) is 3.11. The van der Waals surface area contributed by atoms with E-state index in [0.717, 1.165) is 44.0 Å². The zero-order chi connectivity index (χ0) is 13.1. The number of carbonyl (C=O) groups is 1. The Labute approximate surface area is 113 Å². The highest BCUT2D eigenvalue weighted by Crippen LogP contribution is 2.24. The quantitative estimate of drug-likeness (QED) is 0.884. The minimum Gasteiger partial charge on any atom is -0.445 e. The molecule has 1 amide bonds. The van der Waals surface area contributed by atoms with Gasteiger partial charge in [-0.2, -0.15) is 0 Å². The van der Waals surface area contributed by atoms with Gasteiger partial charge in [0.2, 0.25) is 0 Å². The maximum absolute atomic E-state index is 12.0.